The van der Waals surface area contributed by atoms with Gasteiger partial charge in [0.05, 0.1) is 5.38 Å². The van der Waals surface area contributed by atoms with Gasteiger partial charge in [0.15, 0.2) is 0 Å². The van der Waals surface area contributed by atoms with Gasteiger partial charge in [0.25, 0.3) is 5.78 Å². The lowest BCUT2D eigenvalue weighted by Crippen LogP contribution is -2.18. The highest BCUT2D eigenvalue weighted by Gasteiger charge is 2.17. The number of halogens is 2. The first-order chi connectivity index (χ1) is 6.36. The molecule has 0 aliphatic rings. The van der Waals surface area contributed by atoms with Crippen molar-refractivity contribution in [3.8, 4) is 0 Å². The van der Waals surface area contributed by atoms with Gasteiger partial charge in [-0.15, -0.1) is 11.6 Å². The van der Waals surface area contributed by atoms with E-state index in [2.05, 4.69) is 15.9 Å². The van der Waals surface area contributed by atoms with Gasteiger partial charge in [0.2, 0.25) is 0 Å². The molecule has 0 spiro atoms. The second-order valence-electron chi connectivity index (χ2n) is 3.01. The summed E-state index contributed by atoms with van der Waals surface area (Å²) in [4.78, 5) is 21.0. The van der Waals surface area contributed by atoms with E-state index in [-0.39, 0.29) is 16.1 Å². The van der Waals surface area contributed by atoms with Crippen LogP contribution in [0.15, 0.2) is 12.2 Å². The summed E-state index contributed by atoms with van der Waals surface area (Å²) in [6.07, 6.45) is 2.40. The molecular weight excluding hydrogens is 271 g/mol. The van der Waals surface area contributed by atoms with Gasteiger partial charge in [-0.3, -0.25) is 4.79 Å². The number of carboxylic acid groups (broad SMARTS) is 1. The number of hydrogen-bond acceptors (Lipinski definition) is 2. The van der Waals surface area contributed by atoms with E-state index in [0.717, 1.165) is 6.08 Å². The number of aliphatic carboxylic acids is 1. The Balaban J connectivity index is 4.24. The molecule has 0 heterocycles. The Morgan fingerprint density at radius 3 is 2.29 bits per heavy atom. The van der Waals surface area contributed by atoms with Crippen LogP contribution >= 0.6 is 27.5 Å². The normalized spacial score (nSPS) is 17.7. The first-order valence-corrected chi connectivity index (χ1v) is 5.45. The van der Waals surface area contributed by atoms with Crippen molar-refractivity contribution >= 4 is 39.3 Å². The zero-order valence-corrected chi connectivity index (χ0v) is 10.2. The molecule has 0 rings (SSSR count). The molecule has 14 heavy (non-hydrogen) atoms. The van der Waals surface area contributed by atoms with Gasteiger partial charge in [-0.25, -0.2) is 4.79 Å². The molecule has 0 aliphatic carbocycles. The third-order valence-corrected chi connectivity index (χ3v) is 3.25. The summed E-state index contributed by atoms with van der Waals surface area (Å²) < 4.78 is 0. The molecule has 0 aliphatic heterocycles. The molecule has 1 N–H and O–H groups in total. The van der Waals surface area contributed by atoms with Crippen molar-refractivity contribution in [2.45, 2.75) is 24.1 Å². The van der Waals surface area contributed by atoms with E-state index in [1.165, 1.54) is 6.08 Å². The highest BCUT2D eigenvalue weighted by molar-refractivity contribution is 9.09. The lowest BCUT2D eigenvalue weighted by molar-refractivity contribution is -0.146. The minimum atomic E-state index is -1.47. The Morgan fingerprint density at radius 1 is 1.43 bits per heavy atom. The minimum Gasteiger partial charge on any atom is -0.475 e. The number of carboxylic acids is 1. The van der Waals surface area contributed by atoms with E-state index >= 15 is 0 Å². The third kappa shape index (κ3) is 4.77. The summed E-state index contributed by atoms with van der Waals surface area (Å²) in [5, 5.41) is 7.94. The van der Waals surface area contributed by atoms with Gasteiger partial charge in [-0.2, -0.15) is 0 Å². The quantitative estimate of drug-likeness (QED) is 0.478. The van der Waals surface area contributed by atoms with Crippen LogP contribution in [0.25, 0.3) is 0 Å². The third-order valence-electron chi connectivity index (χ3n) is 1.87. The summed E-state index contributed by atoms with van der Waals surface area (Å²) in [7, 11) is 0. The maximum atomic E-state index is 10.7. The average molecular weight is 284 g/mol. The molecule has 0 aromatic carbocycles. The zero-order chi connectivity index (χ0) is 11.3. The predicted molar refractivity (Wildman–Crippen MR) is 59.0 cm³/mol. The van der Waals surface area contributed by atoms with Crippen molar-refractivity contribution in [2.24, 2.45) is 5.92 Å². The largest absolute Gasteiger partial charge is 0.475 e. The molecule has 0 bridgehead atoms. The van der Waals surface area contributed by atoms with Crippen LogP contribution in [-0.4, -0.2) is 27.1 Å². The average Bonchev–Trinajstić information content (AvgIpc) is 2.11. The maximum Gasteiger partial charge on any atom is 0.376 e. The van der Waals surface area contributed by atoms with E-state index in [9.17, 15) is 9.59 Å². The van der Waals surface area contributed by atoms with E-state index in [4.69, 9.17) is 16.7 Å². The Kier molecular flexibility index (Phi) is 6.04. The van der Waals surface area contributed by atoms with Gasteiger partial charge in [0.1, 0.15) is 0 Å². The van der Waals surface area contributed by atoms with Crippen molar-refractivity contribution in [1.29, 1.82) is 0 Å². The van der Waals surface area contributed by atoms with Crippen molar-refractivity contribution in [1.82, 2.24) is 0 Å². The number of allylic oxidation sites excluding steroid dienone is 1. The first kappa shape index (κ1) is 13.7. The maximum absolute atomic E-state index is 10.7. The molecule has 0 saturated carbocycles. The lowest BCUT2D eigenvalue weighted by Gasteiger charge is -2.16. The van der Waals surface area contributed by atoms with Crippen molar-refractivity contribution in [3.05, 3.63) is 12.2 Å². The van der Waals surface area contributed by atoms with Crippen molar-refractivity contribution < 1.29 is 14.7 Å². The van der Waals surface area contributed by atoms with E-state index in [1.54, 1.807) is 0 Å². The van der Waals surface area contributed by atoms with Crippen LogP contribution in [0.4, 0.5) is 0 Å². The number of carbonyl (C=O) groups excluding carboxylic acids is 1. The summed E-state index contributed by atoms with van der Waals surface area (Å²) in [5.74, 6) is -2.30. The fourth-order valence-corrected chi connectivity index (χ4v) is 1.47. The molecule has 1 unspecified atom stereocenters. The SMILES string of the molecule is C[C@H](Br)[C@@H](C)C(Cl)/C=C/C(=O)C(=O)O. The van der Waals surface area contributed by atoms with Crippen LogP contribution in [0, 0.1) is 5.92 Å². The first-order valence-electron chi connectivity index (χ1n) is 4.09. The van der Waals surface area contributed by atoms with Gasteiger partial charge < -0.3 is 5.11 Å². The number of ketones is 1. The van der Waals surface area contributed by atoms with Gasteiger partial charge in [-0.1, -0.05) is 35.9 Å². The fourth-order valence-electron chi connectivity index (χ4n) is 0.679. The molecule has 0 aromatic heterocycles. The van der Waals surface area contributed by atoms with Crippen LogP contribution in [-0.2, 0) is 9.59 Å². The van der Waals surface area contributed by atoms with Crippen LogP contribution in [0.3, 0.4) is 0 Å². The smallest absolute Gasteiger partial charge is 0.376 e. The fraction of sp³-hybridized carbons (Fsp3) is 0.556. The topological polar surface area (TPSA) is 54.4 Å². The molecule has 0 amide bonds. The van der Waals surface area contributed by atoms with Crippen LogP contribution in [0.5, 0.6) is 0 Å². The summed E-state index contributed by atoms with van der Waals surface area (Å²) in [6, 6.07) is 0. The Morgan fingerprint density at radius 2 is 1.93 bits per heavy atom. The highest BCUT2D eigenvalue weighted by atomic mass is 79.9. The van der Waals surface area contributed by atoms with Crippen molar-refractivity contribution in [2.75, 3.05) is 0 Å². The minimum absolute atomic E-state index is 0.120. The molecule has 0 fully saturated rings. The molecule has 0 radical (unpaired) electrons. The number of carbonyl (C=O) groups is 2. The molecule has 3 nitrogen and oxygen atoms in total. The van der Waals surface area contributed by atoms with Crippen molar-refractivity contribution in [3.63, 3.8) is 0 Å². The van der Waals surface area contributed by atoms with Gasteiger partial charge in [-0.05, 0) is 12.0 Å². The highest BCUT2D eigenvalue weighted by Crippen LogP contribution is 2.21. The molecule has 3 atom stereocenters. The number of alkyl halides is 2. The molecule has 5 heteroatoms. The standard InChI is InChI=1S/C9H12BrClO3/c1-5(6(2)10)7(11)3-4-8(12)9(13)14/h3-7H,1-2H3,(H,13,14)/b4-3+/t5-,6+,7?/m1/s1. The number of rotatable bonds is 5. The second-order valence-corrected chi connectivity index (χ2v) is 4.96. The van der Waals surface area contributed by atoms with Crippen LogP contribution < -0.4 is 0 Å². The van der Waals surface area contributed by atoms with Gasteiger partial charge in [0, 0.05) is 4.83 Å². The molecule has 80 valence electrons. The molecule has 0 aromatic rings. The summed E-state index contributed by atoms with van der Waals surface area (Å²) >= 11 is 9.27. The summed E-state index contributed by atoms with van der Waals surface area (Å²) in [6.45, 7) is 3.85. The van der Waals surface area contributed by atoms with Crippen LogP contribution in [0.1, 0.15) is 13.8 Å². The van der Waals surface area contributed by atoms with E-state index < -0.39 is 11.8 Å². The molecule has 0 saturated heterocycles. The second kappa shape index (κ2) is 6.19. The zero-order valence-electron chi connectivity index (χ0n) is 7.91. The summed E-state index contributed by atoms with van der Waals surface area (Å²) in [5.41, 5.74) is 0. The monoisotopic (exact) mass is 282 g/mol. The Hall–Kier alpha value is -0.350. The molecular formula is C9H12BrClO3. The Bertz CT molecular complexity index is 250. The van der Waals surface area contributed by atoms with Crippen LogP contribution in [0.2, 0.25) is 0 Å². The lowest BCUT2D eigenvalue weighted by atomic mass is 10.0. The number of hydrogen-bond donors (Lipinski definition) is 1. The van der Waals surface area contributed by atoms with E-state index in [0.29, 0.717) is 0 Å². The van der Waals surface area contributed by atoms with E-state index in [1.807, 2.05) is 13.8 Å². The Labute approximate surface area is 96.3 Å². The predicted octanol–water partition coefficient (Wildman–Crippen LogP) is 2.22. The van der Waals surface area contributed by atoms with Gasteiger partial charge >= 0.3 is 5.97 Å².